The lowest BCUT2D eigenvalue weighted by Crippen LogP contribution is -2.16. The Balaban J connectivity index is 2.02. The summed E-state index contributed by atoms with van der Waals surface area (Å²) in [6, 6.07) is 10.1. The average molecular weight is 407 g/mol. The minimum atomic E-state index is -4.10. The summed E-state index contributed by atoms with van der Waals surface area (Å²) in [7, 11) is -4.10. The maximum absolute atomic E-state index is 13.3. The highest BCUT2D eigenvalue weighted by atomic mass is 35.5. The molecule has 0 aliphatic heterocycles. The van der Waals surface area contributed by atoms with Gasteiger partial charge in [-0.25, -0.2) is 9.97 Å². The Morgan fingerprint density at radius 1 is 1.07 bits per heavy atom. The largest absolute Gasteiger partial charge is 0.280 e. The van der Waals surface area contributed by atoms with Crippen LogP contribution < -0.4 is 4.72 Å². The SMILES string of the molecule is CC(C)c1ncccc1-c1nc(NS(=O)(=O)c2cccc(F)n2)ccc1Cl. The lowest BCUT2D eigenvalue weighted by Gasteiger charge is -2.13. The van der Waals surface area contributed by atoms with E-state index in [0.717, 1.165) is 11.8 Å². The molecule has 0 aliphatic rings. The van der Waals surface area contributed by atoms with E-state index in [4.69, 9.17) is 11.6 Å². The third kappa shape index (κ3) is 4.23. The van der Waals surface area contributed by atoms with E-state index in [1.807, 2.05) is 19.9 Å². The van der Waals surface area contributed by atoms with Crippen molar-refractivity contribution in [2.75, 3.05) is 4.72 Å². The summed E-state index contributed by atoms with van der Waals surface area (Å²) < 4.78 is 40.4. The van der Waals surface area contributed by atoms with Gasteiger partial charge in [-0.3, -0.25) is 9.71 Å². The van der Waals surface area contributed by atoms with Gasteiger partial charge in [0.15, 0.2) is 5.03 Å². The molecule has 0 unspecified atom stereocenters. The van der Waals surface area contributed by atoms with Crippen molar-refractivity contribution in [3.63, 3.8) is 0 Å². The first-order chi connectivity index (χ1) is 12.8. The summed E-state index contributed by atoms with van der Waals surface area (Å²) in [6.45, 7) is 3.98. The minimum absolute atomic E-state index is 0.0408. The molecule has 0 atom stereocenters. The lowest BCUT2D eigenvalue weighted by atomic mass is 10.0. The smallest absolute Gasteiger partial charge is 0.262 e. The third-order valence-corrected chi connectivity index (χ3v) is 5.25. The zero-order valence-corrected chi connectivity index (χ0v) is 16.1. The Morgan fingerprint density at radius 3 is 2.56 bits per heavy atom. The molecule has 27 heavy (non-hydrogen) atoms. The van der Waals surface area contributed by atoms with Crippen molar-refractivity contribution >= 4 is 27.4 Å². The molecular formula is C18H16ClFN4O2S. The van der Waals surface area contributed by atoms with E-state index in [0.29, 0.717) is 16.3 Å². The summed E-state index contributed by atoms with van der Waals surface area (Å²) in [4.78, 5) is 12.1. The standard InChI is InChI=1S/C18H16ClFN4O2S/c1-11(2)17-12(5-4-10-21-17)18-13(19)8-9-15(23-18)24-27(25,26)16-7-3-6-14(20)22-16/h3-11H,1-2H3,(H,23,24). The fourth-order valence-corrected chi connectivity index (χ4v) is 3.66. The van der Waals surface area contributed by atoms with Crippen LogP contribution in [0.2, 0.25) is 5.02 Å². The molecular weight excluding hydrogens is 391 g/mol. The van der Waals surface area contributed by atoms with Gasteiger partial charge in [-0.05, 0) is 42.3 Å². The fourth-order valence-electron chi connectivity index (χ4n) is 2.49. The Bertz CT molecular complexity index is 1090. The Morgan fingerprint density at radius 2 is 1.85 bits per heavy atom. The van der Waals surface area contributed by atoms with Crippen molar-refractivity contribution in [2.24, 2.45) is 0 Å². The normalized spacial score (nSPS) is 11.6. The number of hydrogen-bond acceptors (Lipinski definition) is 5. The third-order valence-electron chi connectivity index (χ3n) is 3.69. The van der Waals surface area contributed by atoms with Crippen LogP contribution in [-0.4, -0.2) is 23.4 Å². The second kappa shape index (κ2) is 7.58. The van der Waals surface area contributed by atoms with Crippen molar-refractivity contribution in [2.45, 2.75) is 24.8 Å². The number of nitrogens with one attached hydrogen (secondary N) is 1. The van der Waals surface area contributed by atoms with Crippen molar-refractivity contribution < 1.29 is 12.8 Å². The van der Waals surface area contributed by atoms with Gasteiger partial charge in [-0.2, -0.15) is 12.8 Å². The van der Waals surface area contributed by atoms with E-state index < -0.39 is 21.0 Å². The van der Waals surface area contributed by atoms with Crippen LogP contribution in [0.25, 0.3) is 11.3 Å². The van der Waals surface area contributed by atoms with E-state index in [1.165, 1.54) is 24.3 Å². The van der Waals surface area contributed by atoms with Crippen LogP contribution in [0, 0.1) is 5.95 Å². The molecule has 3 aromatic rings. The van der Waals surface area contributed by atoms with E-state index >= 15 is 0 Å². The van der Waals surface area contributed by atoms with Gasteiger partial charge >= 0.3 is 0 Å². The number of pyridine rings is 3. The quantitative estimate of drug-likeness (QED) is 0.640. The molecule has 0 amide bonds. The molecule has 0 aliphatic carbocycles. The van der Waals surface area contributed by atoms with Gasteiger partial charge in [0.1, 0.15) is 5.82 Å². The number of sulfonamides is 1. The van der Waals surface area contributed by atoms with Crippen LogP contribution in [0.3, 0.4) is 0 Å². The Labute approximate surface area is 161 Å². The average Bonchev–Trinajstić information content (AvgIpc) is 2.63. The lowest BCUT2D eigenvalue weighted by molar-refractivity contribution is 0.558. The maximum Gasteiger partial charge on any atom is 0.280 e. The van der Waals surface area contributed by atoms with Gasteiger partial charge in [-0.1, -0.05) is 31.5 Å². The molecule has 0 spiro atoms. The van der Waals surface area contributed by atoms with E-state index in [9.17, 15) is 12.8 Å². The molecule has 3 aromatic heterocycles. The second-order valence-electron chi connectivity index (χ2n) is 6.02. The van der Waals surface area contributed by atoms with Crippen LogP contribution in [0.4, 0.5) is 10.2 Å². The Kier molecular flexibility index (Phi) is 5.38. The first-order valence-electron chi connectivity index (χ1n) is 8.05. The van der Waals surface area contributed by atoms with Gasteiger partial charge < -0.3 is 0 Å². The molecule has 9 heteroatoms. The predicted molar refractivity (Wildman–Crippen MR) is 102 cm³/mol. The topological polar surface area (TPSA) is 84.8 Å². The number of anilines is 1. The number of halogens is 2. The van der Waals surface area contributed by atoms with Crippen LogP contribution in [0.1, 0.15) is 25.5 Å². The molecule has 1 N–H and O–H groups in total. The van der Waals surface area contributed by atoms with Gasteiger partial charge in [-0.15, -0.1) is 0 Å². The molecule has 140 valence electrons. The number of nitrogens with zero attached hydrogens (tertiary/aromatic N) is 3. The Hall–Kier alpha value is -2.58. The summed E-state index contributed by atoms with van der Waals surface area (Å²) in [5.41, 5.74) is 1.90. The number of hydrogen-bond donors (Lipinski definition) is 1. The monoisotopic (exact) mass is 406 g/mol. The molecule has 0 radical (unpaired) electrons. The number of aromatic nitrogens is 3. The highest BCUT2D eigenvalue weighted by Gasteiger charge is 2.19. The summed E-state index contributed by atoms with van der Waals surface area (Å²) in [5.74, 6) is -0.727. The highest BCUT2D eigenvalue weighted by molar-refractivity contribution is 7.92. The zero-order valence-electron chi connectivity index (χ0n) is 14.5. The van der Waals surface area contributed by atoms with Crippen molar-refractivity contribution in [1.82, 2.24) is 15.0 Å². The second-order valence-corrected chi connectivity index (χ2v) is 8.06. The predicted octanol–water partition coefficient (Wildman–Crippen LogP) is 4.26. The van der Waals surface area contributed by atoms with Crippen molar-refractivity contribution in [3.8, 4) is 11.3 Å². The fraction of sp³-hybridized carbons (Fsp3) is 0.167. The first-order valence-corrected chi connectivity index (χ1v) is 9.91. The molecule has 3 rings (SSSR count). The number of rotatable bonds is 5. The van der Waals surface area contributed by atoms with Crippen LogP contribution in [0.5, 0.6) is 0 Å². The molecule has 0 aromatic carbocycles. The van der Waals surface area contributed by atoms with E-state index in [2.05, 4.69) is 19.7 Å². The van der Waals surface area contributed by atoms with Gasteiger partial charge in [0, 0.05) is 11.8 Å². The molecule has 3 heterocycles. The van der Waals surface area contributed by atoms with Crippen molar-refractivity contribution in [3.05, 3.63) is 65.3 Å². The van der Waals surface area contributed by atoms with Gasteiger partial charge in [0.2, 0.25) is 5.95 Å². The maximum atomic E-state index is 13.3. The molecule has 0 saturated carbocycles. The zero-order chi connectivity index (χ0) is 19.6. The van der Waals surface area contributed by atoms with Crippen LogP contribution in [0.15, 0.2) is 53.7 Å². The van der Waals surface area contributed by atoms with Crippen molar-refractivity contribution in [1.29, 1.82) is 0 Å². The molecule has 0 fully saturated rings. The van der Waals surface area contributed by atoms with Crippen LogP contribution >= 0.6 is 11.6 Å². The minimum Gasteiger partial charge on any atom is -0.262 e. The molecule has 0 saturated heterocycles. The summed E-state index contributed by atoms with van der Waals surface area (Å²) >= 11 is 6.29. The summed E-state index contributed by atoms with van der Waals surface area (Å²) in [5, 5.41) is -0.0817. The van der Waals surface area contributed by atoms with E-state index in [-0.39, 0.29) is 11.7 Å². The summed E-state index contributed by atoms with van der Waals surface area (Å²) in [6.07, 6.45) is 1.68. The molecule has 6 nitrogen and oxygen atoms in total. The van der Waals surface area contributed by atoms with Gasteiger partial charge in [0.25, 0.3) is 10.0 Å². The molecule has 0 bridgehead atoms. The highest BCUT2D eigenvalue weighted by Crippen LogP contribution is 2.32. The van der Waals surface area contributed by atoms with Crippen LogP contribution in [-0.2, 0) is 10.0 Å². The van der Waals surface area contributed by atoms with Gasteiger partial charge in [0.05, 0.1) is 16.4 Å². The van der Waals surface area contributed by atoms with E-state index in [1.54, 1.807) is 12.3 Å². The first kappa shape index (κ1) is 19.2.